The summed E-state index contributed by atoms with van der Waals surface area (Å²) in [7, 11) is 1.82. The number of ether oxygens (including phenoxy) is 1. The van der Waals surface area contributed by atoms with Gasteiger partial charge in [-0.25, -0.2) is 9.67 Å². The third-order valence-corrected chi connectivity index (χ3v) is 6.74. The lowest BCUT2D eigenvalue weighted by Crippen LogP contribution is -2.46. The van der Waals surface area contributed by atoms with Crippen LogP contribution >= 0.6 is 0 Å². The van der Waals surface area contributed by atoms with Gasteiger partial charge in [0.05, 0.1) is 11.7 Å². The van der Waals surface area contributed by atoms with Gasteiger partial charge in [0.15, 0.2) is 11.8 Å². The summed E-state index contributed by atoms with van der Waals surface area (Å²) in [6.07, 6.45) is 7.58. The summed E-state index contributed by atoms with van der Waals surface area (Å²) in [5.74, 6) is 2.61. The summed E-state index contributed by atoms with van der Waals surface area (Å²) in [5.41, 5.74) is 4.31. The molecule has 7 nitrogen and oxygen atoms in total. The van der Waals surface area contributed by atoms with Crippen molar-refractivity contribution in [1.82, 2.24) is 25.4 Å². The minimum Gasteiger partial charge on any atom is -0.487 e. The minimum atomic E-state index is -0.0480. The lowest BCUT2D eigenvalue weighted by Gasteiger charge is -2.40. The van der Waals surface area contributed by atoms with Crippen molar-refractivity contribution in [3.8, 4) is 11.6 Å². The Morgan fingerprint density at radius 3 is 2.70 bits per heavy atom. The number of aliphatic imine (C=N–C) groups is 1. The number of hydrogen-bond acceptors (Lipinski definition) is 4. The fourth-order valence-corrected chi connectivity index (χ4v) is 5.13. The van der Waals surface area contributed by atoms with Gasteiger partial charge in [0.1, 0.15) is 11.4 Å². The van der Waals surface area contributed by atoms with Gasteiger partial charge in [-0.2, -0.15) is 5.10 Å². The highest BCUT2D eigenvalue weighted by Crippen LogP contribution is 2.46. The molecule has 33 heavy (non-hydrogen) atoms. The first-order chi connectivity index (χ1) is 16.0. The molecule has 1 spiro atoms. The molecule has 1 atom stereocenters. The Morgan fingerprint density at radius 2 is 2.00 bits per heavy atom. The van der Waals surface area contributed by atoms with E-state index < -0.39 is 0 Å². The van der Waals surface area contributed by atoms with Crippen molar-refractivity contribution in [2.24, 2.45) is 4.99 Å². The minimum absolute atomic E-state index is 0.0480. The highest BCUT2D eigenvalue weighted by molar-refractivity contribution is 5.80. The highest BCUT2D eigenvalue weighted by Gasteiger charge is 2.43. The fraction of sp³-hybridized carbons (Fsp3) is 0.423. The number of benzene rings is 1. The molecule has 5 rings (SSSR count). The largest absolute Gasteiger partial charge is 0.487 e. The Morgan fingerprint density at radius 1 is 1.18 bits per heavy atom. The van der Waals surface area contributed by atoms with Crippen molar-refractivity contribution in [1.29, 1.82) is 0 Å². The molecule has 2 aliphatic rings. The molecule has 1 aliphatic carbocycles. The zero-order chi connectivity index (χ0) is 22.8. The summed E-state index contributed by atoms with van der Waals surface area (Å²) in [4.78, 5) is 9.09. The van der Waals surface area contributed by atoms with Crippen molar-refractivity contribution in [2.45, 2.75) is 64.1 Å². The van der Waals surface area contributed by atoms with E-state index in [1.165, 1.54) is 18.4 Å². The first-order valence-corrected chi connectivity index (χ1v) is 11.8. The molecule has 1 aromatic carbocycles. The zero-order valence-electron chi connectivity index (χ0n) is 19.6. The van der Waals surface area contributed by atoms with Crippen LogP contribution in [0.5, 0.6) is 5.75 Å². The number of para-hydroxylation sites is 1. The predicted octanol–water partition coefficient (Wildman–Crippen LogP) is 4.39. The maximum atomic E-state index is 6.50. The van der Waals surface area contributed by atoms with Crippen LogP contribution in [-0.2, 0) is 6.54 Å². The third-order valence-electron chi connectivity index (χ3n) is 6.74. The number of aryl methyl sites for hydroxylation is 2. The molecular weight excluding hydrogens is 412 g/mol. The van der Waals surface area contributed by atoms with Crippen molar-refractivity contribution in [2.75, 3.05) is 7.05 Å². The molecule has 2 N–H and O–H groups in total. The van der Waals surface area contributed by atoms with Crippen molar-refractivity contribution in [3.63, 3.8) is 0 Å². The second-order valence-electron chi connectivity index (χ2n) is 9.22. The van der Waals surface area contributed by atoms with E-state index in [1.54, 1.807) is 0 Å². The third kappa shape index (κ3) is 4.45. The Labute approximate surface area is 195 Å². The van der Waals surface area contributed by atoms with Crippen molar-refractivity contribution >= 4 is 5.96 Å². The van der Waals surface area contributed by atoms with Crippen LogP contribution < -0.4 is 15.4 Å². The smallest absolute Gasteiger partial charge is 0.191 e. The Kier molecular flexibility index (Phi) is 5.79. The van der Waals surface area contributed by atoms with Gasteiger partial charge in [-0.15, -0.1) is 0 Å². The first kappa shape index (κ1) is 21.5. The van der Waals surface area contributed by atoms with Crippen LogP contribution in [0.3, 0.4) is 0 Å². The number of hydrogen-bond donors (Lipinski definition) is 2. The van der Waals surface area contributed by atoms with E-state index in [1.807, 2.05) is 37.8 Å². The SMILES string of the molecule is CN=C(NCc1ccc(-n2nc(C)cc2C)nc1)NC1CC2(CCCC2)Oc2ccccc21. The van der Waals surface area contributed by atoms with Crippen LogP contribution in [0.25, 0.3) is 5.82 Å². The number of guanidine groups is 1. The topological polar surface area (TPSA) is 76.4 Å². The standard InChI is InChI=1S/C26H32N6O/c1-18-14-19(2)32(31-18)24-11-10-20(16-28-24)17-29-25(27-3)30-22-15-26(12-6-7-13-26)33-23-9-5-4-8-21(22)23/h4-5,8-11,14,16,22H,6-7,12-13,15,17H2,1-3H3,(H2,27,29,30). The van der Waals surface area contributed by atoms with Gasteiger partial charge >= 0.3 is 0 Å². The average molecular weight is 445 g/mol. The van der Waals surface area contributed by atoms with E-state index >= 15 is 0 Å². The van der Waals surface area contributed by atoms with Crippen LogP contribution in [0.15, 0.2) is 53.7 Å². The summed E-state index contributed by atoms with van der Waals surface area (Å²) in [5, 5.41) is 11.6. The molecule has 2 aromatic heterocycles. The summed E-state index contributed by atoms with van der Waals surface area (Å²) < 4.78 is 8.37. The quantitative estimate of drug-likeness (QED) is 0.461. The van der Waals surface area contributed by atoms with Gasteiger partial charge in [0, 0.05) is 37.5 Å². The van der Waals surface area contributed by atoms with Crippen molar-refractivity contribution in [3.05, 3.63) is 71.2 Å². The number of aromatic nitrogens is 3. The Balaban J connectivity index is 1.26. The molecule has 172 valence electrons. The number of nitrogens with one attached hydrogen (secondary N) is 2. The highest BCUT2D eigenvalue weighted by atomic mass is 16.5. The van der Waals surface area contributed by atoms with E-state index in [0.29, 0.717) is 6.54 Å². The van der Waals surface area contributed by atoms with E-state index in [4.69, 9.17) is 4.74 Å². The van der Waals surface area contributed by atoms with Gasteiger partial charge in [-0.3, -0.25) is 4.99 Å². The van der Waals surface area contributed by atoms with Gasteiger partial charge in [0.2, 0.25) is 0 Å². The molecule has 1 saturated carbocycles. The number of nitrogens with zero attached hydrogens (tertiary/aromatic N) is 4. The molecule has 3 heterocycles. The van der Waals surface area contributed by atoms with Gasteiger partial charge in [-0.05, 0) is 63.3 Å². The number of fused-ring (bicyclic) bond motifs is 1. The molecule has 0 saturated heterocycles. The van der Waals surface area contributed by atoms with Crippen LogP contribution in [0, 0.1) is 13.8 Å². The van der Waals surface area contributed by atoms with Gasteiger partial charge in [0.25, 0.3) is 0 Å². The zero-order valence-corrected chi connectivity index (χ0v) is 19.6. The fourth-order valence-electron chi connectivity index (χ4n) is 5.13. The molecule has 1 unspecified atom stereocenters. The normalized spacial score (nSPS) is 19.2. The lowest BCUT2D eigenvalue weighted by atomic mass is 9.86. The number of rotatable bonds is 4. The van der Waals surface area contributed by atoms with E-state index in [9.17, 15) is 0 Å². The average Bonchev–Trinajstić information content (AvgIpc) is 3.41. The summed E-state index contributed by atoms with van der Waals surface area (Å²) >= 11 is 0. The van der Waals surface area contributed by atoms with Crippen LogP contribution in [0.1, 0.15) is 60.7 Å². The Hall–Kier alpha value is -3.35. The molecular formula is C26H32N6O. The lowest BCUT2D eigenvalue weighted by molar-refractivity contribution is 0.0396. The summed E-state index contributed by atoms with van der Waals surface area (Å²) in [6, 6.07) is 14.7. The van der Waals surface area contributed by atoms with Crippen LogP contribution in [-0.4, -0.2) is 33.4 Å². The second kappa shape index (κ2) is 8.89. The van der Waals surface area contributed by atoms with Crippen LogP contribution in [0.2, 0.25) is 0 Å². The molecule has 0 radical (unpaired) electrons. The number of pyridine rings is 1. The van der Waals surface area contributed by atoms with Crippen molar-refractivity contribution < 1.29 is 4.74 Å². The molecule has 0 amide bonds. The summed E-state index contributed by atoms with van der Waals surface area (Å²) in [6.45, 7) is 4.67. The molecule has 1 aliphatic heterocycles. The molecule has 1 fully saturated rings. The van der Waals surface area contributed by atoms with Gasteiger partial charge < -0.3 is 15.4 Å². The monoisotopic (exact) mass is 444 g/mol. The Bertz CT molecular complexity index is 1140. The maximum absolute atomic E-state index is 6.50. The van der Waals surface area contributed by atoms with Crippen LogP contribution in [0.4, 0.5) is 0 Å². The van der Waals surface area contributed by atoms with E-state index in [0.717, 1.165) is 53.7 Å². The second-order valence-corrected chi connectivity index (χ2v) is 9.22. The molecule has 0 bridgehead atoms. The molecule has 3 aromatic rings. The first-order valence-electron chi connectivity index (χ1n) is 11.8. The van der Waals surface area contributed by atoms with E-state index in [2.05, 4.69) is 62.1 Å². The maximum Gasteiger partial charge on any atom is 0.191 e. The van der Waals surface area contributed by atoms with E-state index in [-0.39, 0.29) is 11.6 Å². The molecule has 7 heteroatoms. The predicted molar refractivity (Wildman–Crippen MR) is 130 cm³/mol. The van der Waals surface area contributed by atoms with Gasteiger partial charge in [-0.1, -0.05) is 24.3 Å².